The van der Waals surface area contributed by atoms with Crippen LogP contribution in [-0.4, -0.2) is 0 Å². The van der Waals surface area contributed by atoms with Gasteiger partial charge in [-0.05, 0) is 42.3 Å². The van der Waals surface area contributed by atoms with E-state index >= 15 is 0 Å². The average molecular weight is 268 g/mol. The van der Waals surface area contributed by atoms with Crippen molar-refractivity contribution in [2.75, 3.05) is 5.32 Å². The van der Waals surface area contributed by atoms with Gasteiger partial charge in [0, 0.05) is 11.6 Å². The van der Waals surface area contributed by atoms with Crippen molar-refractivity contribution in [2.24, 2.45) is 0 Å². The molecule has 0 radical (unpaired) electrons. The van der Waals surface area contributed by atoms with Crippen LogP contribution in [-0.2, 0) is 6.54 Å². The molecule has 0 amide bonds. The van der Waals surface area contributed by atoms with E-state index in [2.05, 4.69) is 5.32 Å². The molecule has 0 aliphatic heterocycles. The summed E-state index contributed by atoms with van der Waals surface area (Å²) in [6, 6.07) is 9.20. The number of rotatable bonds is 3. The van der Waals surface area contributed by atoms with E-state index in [1.54, 1.807) is 19.1 Å². The average Bonchev–Trinajstić information content (AvgIpc) is 2.34. The monoisotopic (exact) mass is 267 g/mol. The quantitative estimate of drug-likeness (QED) is 0.861. The molecule has 0 saturated heterocycles. The van der Waals surface area contributed by atoms with Crippen molar-refractivity contribution in [3.63, 3.8) is 0 Å². The molecule has 2 rings (SSSR count). The Kier molecular flexibility index (Phi) is 3.82. The maximum Gasteiger partial charge on any atom is 0.146 e. The number of nitrogens with one attached hydrogen (secondary N) is 1. The fraction of sp³-hybridized carbons (Fsp3) is 0.143. The Morgan fingerprint density at radius 1 is 1.06 bits per heavy atom. The Bertz CT molecular complexity index is 570. The minimum Gasteiger partial charge on any atom is -0.379 e. The molecule has 0 heterocycles. The van der Waals surface area contributed by atoms with Crippen LogP contribution >= 0.6 is 11.6 Å². The zero-order valence-corrected chi connectivity index (χ0v) is 10.6. The summed E-state index contributed by atoms with van der Waals surface area (Å²) >= 11 is 5.78. The molecule has 1 nitrogen and oxygen atoms in total. The van der Waals surface area contributed by atoms with E-state index in [4.69, 9.17) is 11.6 Å². The zero-order chi connectivity index (χ0) is 13.1. The topological polar surface area (TPSA) is 12.0 Å². The molecule has 0 spiro atoms. The van der Waals surface area contributed by atoms with E-state index in [1.807, 2.05) is 0 Å². The van der Waals surface area contributed by atoms with Crippen LogP contribution in [0.2, 0.25) is 5.02 Å². The van der Waals surface area contributed by atoms with Gasteiger partial charge in [0.1, 0.15) is 11.6 Å². The third-order valence-corrected chi connectivity index (χ3v) is 2.88. The van der Waals surface area contributed by atoms with Gasteiger partial charge in [-0.2, -0.15) is 0 Å². The number of aryl methyl sites for hydroxylation is 1. The van der Waals surface area contributed by atoms with E-state index in [1.165, 1.54) is 24.3 Å². The van der Waals surface area contributed by atoms with Gasteiger partial charge in [0.25, 0.3) is 0 Å². The molecule has 0 saturated carbocycles. The van der Waals surface area contributed by atoms with Gasteiger partial charge in [-0.25, -0.2) is 8.78 Å². The van der Waals surface area contributed by atoms with Crippen LogP contribution in [0.25, 0.3) is 0 Å². The van der Waals surface area contributed by atoms with Crippen LogP contribution in [0, 0.1) is 18.6 Å². The van der Waals surface area contributed by atoms with Gasteiger partial charge < -0.3 is 5.32 Å². The predicted molar refractivity (Wildman–Crippen MR) is 69.9 cm³/mol. The van der Waals surface area contributed by atoms with Crippen molar-refractivity contribution in [2.45, 2.75) is 13.5 Å². The lowest BCUT2D eigenvalue weighted by Crippen LogP contribution is -2.02. The van der Waals surface area contributed by atoms with Crippen molar-refractivity contribution in [1.29, 1.82) is 0 Å². The highest BCUT2D eigenvalue weighted by Crippen LogP contribution is 2.20. The van der Waals surface area contributed by atoms with Crippen molar-refractivity contribution >= 4 is 17.3 Å². The van der Waals surface area contributed by atoms with E-state index in [-0.39, 0.29) is 11.6 Å². The molecule has 1 N–H and O–H groups in total. The summed E-state index contributed by atoms with van der Waals surface area (Å²) in [4.78, 5) is 0. The van der Waals surface area contributed by atoms with Gasteiger partial charge in [-0.3, -0.25) is 0 Å². The molecule has 0 aliphatic carbocycles. The maximum absolute atomic E-state index is 13.4. The zero-order valence-electron chi connectivity index (χ0n) is 9.81. The molecule has 4 heteroatoms. The number of halogens is 3. The Morgan fingerprint density at radius 2 is 1.83 bits per heavy atom. The van der Waals surface area contributed by atoms with E-state index in [0.717, 1.165) is 5.56 Å². The summed E-state index contributed by atoms with van der Waals surface area (Å²) in [7, 11) is 0. The van der Waals surface area contributed by atoms with Gasteiger partial charge in [0.15, 0.2) is 0 Å². The Labute approximate surface area is 109 Å². The first-order valence-corrected chi connectivity index (χ1v) is 5.88. The third kappa shape index (κ3) is 2.99. The minimum absolute atomic E-state index is 0.263. The van der Waals surface area contributed by atoms with Crippen LogP contribution in [0.1, 0.15) is 11.1 Å². The molecular weight excluding hydrogens is 256 g/mol. The summed E-state index contributed by atoms with van der Waals surface area (Å²) in [6.45, 7) is 2.04. The number of anilines is 1. The van der Waals surface area contributed by atoms with Crippen molar-refractivity contribution < 1.29 is 8.78 Å². The molecule has 94 valence electrons. The van der Waals surface area contributed by atoms with Gasteiger partial charge >= 0.3 is 0 Å². The Balaban J connectivity index is 2.11. The maximum atomic E-state index is 13.4. The lowest BCUT2D eigenvalue weighted by molar-refractivity contribution is 0.616. The minimum atomic E-state index is -0.382. The lowest BCUT2D eigenvalue weighted by Gasteiger charge is -2.08. The first-order valence-electron chi connectivity index (χ1n) is 5.50. The highest BCUT2D eigenvalue weighted by atomic mass is 35.5. The summed E-state index contributed by atoms with van der Waals surface area (Å²) in [5, 5.41) is 3.34. The fourth-order valence-corrected chi connectivity index (χ4v) is 1.75. The van der Waals surface area contributed by atoms with E-state index in [9.17, 15) is 8.78 Å². The second-order valence-electron chi connectivity index (χ2n) is 4.06. The molecule has 0 bridgehead atoms. The predicted octanol–water partition coefficient (Wildman–Crippen LogP) is 4.54. The van der Waals surface area contributed by atoms with Crippen LogP contribution in [0.3, 0.4) is 0 Å². The summed E-state index contributed by atoms with van der Waals surface area (Å²) in [6.07, 6.45) is 0. The van der Waals surface area contributed by atoms with Gasteiger partial charge in [0.2, 0.25) is 0 Å². The molecule has 0 aliphatic rings. The fourth-order valence-electron chi connectivity index (χ4n) is 1.58. The first-order chi connectivity index (χ1) is 8.56. The van der Waals surface area contributed by atoms with Crippen molar-refractivity contribution in [3.05, 3.63) is 64.2 Å². The molecule has 2 aromatic carbocycles. The van der Waals surface area contributed by atoms with Crippen LogP contribution < -0.4 is 5.32 Å². The molecule has 18 heavy (non-hydrogen) atoms. The molecule has 0 fully saturated rings. The molecule has 2 aromatic rings. The highest BCUT2D eigenvalue weighted by Gasteiger charge is 2.04. The summed E-state index contributed by atoms with van der Waals surface area (Å²) in [5.41, 5.74) is 1.65. The lowest BCUT2D eigenvalue weighted by atomic mass is 10.1. The van der Waals surface area contributed by atoms with Gasteiger partial charge in [-0.15, -0.1) is 0 Å². The van der Waals surface area contributed by atoms with E-state index in [0.29, 0.717) is 22.8 Å². The molecular formula is C14H12ClF2N. The van der Waals surface area contributed by atoms with Crippen LogP contribution in [0.15, 0.2) is 36.4 Å². The Hall–Kier alpha value is -1.61. The number of benzene rings is 2. The number of hydrogen-bond donors (Lipinski definition) is 1. The summed E-state index contributed by atoms with van der Waals surface area (Å²) in [5.74, 6) is -0.646. The van der Waals surface area contributed by atoms with Crippen LogP contribution in [0.5, 0.6) is 0 Å². The van der Waals surface area contributed by atoms with Crippen LogP contribution in [0.4, 0.5) is 14.5 Å². The molecule has 0 atom stereocenters. The van der Waals surface area contributed by atoms with Gasteiger partial charge in [-0.1, -0.05) is 23.7 Å². The van der Waals surface area contributed by atoms with Crippen molar-refractivity contribution in [3.8, 4) is 0 Å². The largest absolute Gasteiger partial charge is 0.379 e. The SMILES string of the molecule is Cc1ccc(CNc2cc(Cl)ccc2F)cc1F. The normalized spacial score (nSPS) is 10.4. The summed E-state index contributed by atoms with van der Waals surface area (Å²) < 4.78 is 26.7. The highest BCUT2D eigenvalue weighted by molar-refractivity contribution is 6.30. The second-order valence-corrected chi connectivity index (χ2v) is 4.50. The first kappa shape index (κ1) is 12.8. The van der Waals surface area contributed by atoms with E-state index < -0.39 is 0 Å². The Morgan fingerprint density at radius 3 is 2.56 bits per heavy atom. The van der Waals surface area contributed by atoms with Crippen molar-refractivity contribution in [1.82, 2.24) is 0 Å². The standard InChI is InChI=1S/C14H12ClF2N/c1-9-2-3-10(6-13(9)17)8-18-14-7-11(15)4-5-12(14)16/h2-7,18H,8H2,1H3. The van der Waals surface area contributed by atoms with Gasteiger partial charge in [0.05, 0.1) is 5.69 Å². The number of hydrogen-bond acceptors (Lipinski definition) is 1. The third-order valence-electron chi connectivity index (χ3n) is 2.65. The molecule has 0 aromatic heterocycles. The second kappa shape index (κ2) is 5.36. The smallest absolute Gasteiger partial charge is 0.146 e. The molecule has 0 unspecified atom stereocenters.